The molecule has 0 heterocycles. The van der Waals surface area contributed by atoms with E-state index < -0.39 is 15.6 Å². The molecule has 0 unspecified atom stereocenters. The Morgan fingerprint density at radius 2 is 1.90 bits per heavy atom. The summed E-state index contributed by atoms with van der Waals surface area (Å²) in [7, 11) is -5.58. The summed E-state index contributed by atoms with van der Waals surface area (Å²) in [5.41, 5.74) is -4.18. The van der Waals surface area contributed by atoms with E-state index in [2.05, 4.69) is 4.18 Å². The molecule has 2 aliphatic rings. The summed E-state index contributed by atoms with van der Waals surface area (Å²) in [6.07, 6.45) is 5.19. The highest BCUT2D eigenvalue weighted by molar-refractivity contribution is 7.87. The average Bonchev–Trinajstić information content (AvgIpc) is 2.26. The molecular formula is C13H17F3O3S. The normalized spacial score (nSPS) is 23.1. The molecule has 0 aromatic carbocycles. The van der Waals surface area contributed by atoms with Crippen LogP contribution in [0.25, 0.3) is 0 Å². The van der Waals surface area contributed by atoms with Gasteiger partial charge in [-0.3, -0.25) is 0 Å². The summed E-state index contributed by atoms with van der Waals surface area (Å²) in [5.74, 6) is -0.0375. The molecule has 3 nitrogen and oxygen atoms in total. The molecule has 1 fully saturated rings. The Hall–Kier alpha value is -0.980. The maximum atomic E-state index is 12.5. The Morgan fingerprint density at radius 1 is 1.25 bits per heavy atom. The van der Waals surface area contributed by atoms with Crippen molar-refractivity contribution in [2.24, 2.45) is 5.41 Å². The fourth-order valence-electron chi connectivity index (χ4n) is 2.93. The topological polar surface area (TPSA) is 43.4 Å². The minimum atomic E-state index is -5.58. The third-order valence-corrected chi connectivity index (χ3v) is 4.77. The first kappa shape index (κ1) is 15.4. The fourth-order valence-corrected chi connectivity index (χ4v) is 3.46. The van der Waals surface area contributed by atoms with Crippen molar-refractivity contribution in [2.75, 3.05) is 0 Å². The summed E-state index contributed by atoms with van der Waals surface area (Å²) < 4.78 is 64.2. The van der Waals surface area contributed by atoms with Crippen molar-refractivity contribution in [1.29, 1.82) is 0 Å². The first-order chi connectivity index (χ1) is 9.05. The van der Waals surface area contributed by atoms with E-state index >= 15 is 0 Å². The van der Waals surface area contributed by atoms with Crippen molar-refractivity contribution >= 4 is 10.1 Å². The van der Waals surface area contributed by atoms with Crippen LogP contribution in [-0.2, 0) is 14.3 Å². The van der Waals surface area contributed by atoms with E-state index in [4.69, 9.17) is 0 Å². The maximum absolute atomic E-state index is 12.5. The zero-order valence-corrected chi connectivity index (χ0v) is 12.2. The van der Waals surface area contributed by atoms with Gasteiger partial charge in [-0.1, -0.05) is 19.9 Å². The third-order valence-electron chi connectivity index (χ3n) is 3.78. The number of fused-ring (bicyclic) bond motifs is 1. The van der Waals surface area contributed by atoms with Crippen molar-refractivity contribution in [3.63, 3.8) is 0 Å². The zero-order valence-electron chi connectivity index (χ0n) is 11.4. The molecule has 0 N–H and O–H groups in total. The van der Waals surface area contributed by atoms with Crippen LogP contribution in [0.5, 0.6) is 0 Å². The second-order valence-electron chi connectivity index (χ2n) is 5.79. The van der Waals surface area contributed by atoms with Crippen LogP contribution in [0.2, 0.25) is 0 Å². The van der Waals surface area contributed by atoms with Crippen molar-refractivity contribution in [2.45, 2.75) is 51.5 Å². The van der Waals surface area contributed by atoms with Crippen LogP contribution in [0, 0.1) is 5.41 Å². The Morgan fingerprint density at radius 3 is 2.50 bits per heavy atom. The predicted octanol–water partition coefficient (Wildman–Crippen LogP) is 4.04. The standard InChI is InChI=1S/C13H17F3O3S/c1-12(2)8-4-6-9-5-3-7-10(11(9)12)19-20(17,18)13(14,15)16/h5H,3-4,6-8H2,1-2H3. The van der Waals surface area contributed by atoms with Gasteiger partial charge in [0.15, 0.2) is 0 Å². The number of hydrogen-bond donors (Lipinski definition) is 0. The molecule has 0 atom stereocenters. The number of rotatable bonds is 2. The van der Waals surface area contributed by atoms with Crippen LogP contribution >= 0.6 is 0 Å². The lowest BCUT2D eigenvalue weighted by atomic mass is 9.68. The monoisotopic (exact) mass is 310 g/mol. The van der Waals surface area contributed by atoms with E-state index in [0.717, 1.165) is 24.8 Å². The number of hydrogen-bond acceptors (Lipinski definition) is 3. The molecule has 2 rings (SSSR count). The molecule has 0 aliphatic heterocycles. The zero-order chi connectivity index (χ0) is 15.2. The van der Waals surface area contributed by atoms with Crippen molar-refractivity contribution in [1.82, 2.24) is 0 Å². The molecule has 0 spiro atoms. The van der Waals surface area contributed by atoms with E-state index in [1.165, 1.54) is 0 Å². The lowest BCUT2D eigenvalue weighted by Gasteiger charge is -2.38. The molecule has 0 aromatic rings. The smallest absolute Gasteiger partial charge is 0.380 e. The first-order valence-electron chi connectivity index (χ1n) is 6.48. The van der Waals surface area contributed by atoms with Gasteiger partial charge in [-0.2, -0.15) is 21.6 Å². The molecule has 114 valence electrons. The van der Waals surface area contributed by atoms with Gasteiger partial charge in [0.2, 0.25) is 0 Å². The van der Waals surface area contributed by atoms with E-state index in [1.54, 1.807) is 0 Å². The largest absolute Gasteiger partial charge is 0.534 e. The highest BCUT2D eigenvalue weighted by atomic mass is 32.2. The Kier molecular flexibility index (Phi) is 3.69. The summed E-state index contributed by atoms with van der Waals surface area (Å²) in [6.45, 7) is 3.81. The van der Waals surface area contributed by atoms with Crippen LogP contribution in [0.15, 0.2) is 23.0 Å². The quantitative estimate of drug-likeness (QED) is 0.571. The van der Waals surface area contributed by atoms with Crippen LogP contribution in [0.1, 0.15) is 46.0 Å². The molecule has 0 radical (unpaired) electrons. The van der Waals surface area contributed by atoms with Crippen molar-refractivity contribution in [3.8, 4) is 0 Å². The number of halogens is 3. The molecule has 0 aromatic heterocycles. The predicted molar refractivity (Wildman–Crippen MR) is 68.0 cm³/mol. The molecule has 7 heteroatoms. The first-order valence-corrected chi connectivity index (χ1v) is 7.89. The minimum Gasteiger partial charge on any atom is -0.380 e. The van der Waals surface area contributed by atoms with Crippen LogP contribution in [0.3, 0.4) is 0 Å². The maximum Gasteiger partial charge on any atom is 0.534 e. The molecule has 0 saturated heterocycles. The van der Waals surface area contributed by atoms with E-state index in [9.17, 15) is 21.6 Å². The van der Waals surface area contributed by atoms with Crippen LogP contribution < -0.4 is 0 Å². The van der Waals surface area contributed by atoms with Crippen LogP contribution in [0.4, 0.5) is 13.2 Å². The van der Waals surface area contributed by atoms with Gasteiger partial charge in [0.1, 0.15) is 5.76 Å². The van der Waals surface area contributed by atoms with Gasteiger partial charge in [-0.15, -0.1) is 0 Å². The Balaban J connectivity index is 2.44. The number of allylic oxidation sites excluding steroid dienone is 4. The molecule has 0 amide bonds. The van der Waals surface area contributed by atoms with E-state index in [1.807, 2.05) is 19.9 Å². The minimum absolute atomic E-state index is 0.0375. The summed E-state index contributed by atoms with van der Waals surface area (Å²) >= 11 is 0. The second-order valence-corrected chi connectivity index (χ2v) is 7.32. The van der Waals surface area contributed by atoms with Crippen molar-refractivity contribution < 1.29 is 25.8 Å². The van der Waals surface area contributed by atoms with Gasteiger partial charge in [-0.05, 0) is 36.7 Å². The Labute approximate surface area is 116 Å². The fraction of sp³-hybridized carbons (Fsp3) is 0.692. The van der Waals surface area contributed by atoms with Gasteiger partial charge in [0, 0.05) is 12.0 Å². The molecular weight excluding hydrogens is 293 g/mol. The summed E-state index contributed by atoms with van der Waals surface area (Å²) in [5, 5.41) is 0. The van der Waals surface area contributed by atoms with Gasteiger partial charge < -0.3 is 4.18 Å². The van der Waals surface area contributed by atoms with Gasteiger partial charge in [0.05, 0.1) is 0 Å². The molecule has 1 saturated carbocycles. The Bertz CT molecular complexity index is 568. The second kappa shape index (κ2) is 4.79. The third kappa shape index (κ3) is 2.73. The summed E-state index contributed by atoms with van der Waals surface area (Å²) in [4.78, 5) is 0. The SMILES string of the molecule is CC1(C)CCCC2=CCCC(OS(=O)(=O)C(F)(F)F)=C21. The molecule has 2 aliphatic carbocycles. The average molecular weight is 310 g/mol. The van der Waals surface area contributed by atoms with Crippen molar-refractivity contribution in [3.05, 3.63) is 23.0 Å². The van der Waals surface area contributed by atoms with Crippen LogP contribution in [-0.4, -0.2) is 13.9 Å². The lowest BCUT2D eigenvalue weighted by molar-refractivity contribution is -0.0525. The summed E-state index contributed by atoms with van der Waals surface area (Å²) in [6, 6.07) is 0. The number of alkyl halides is 3. The van der Waals surface area contributed by atoms with E-state index in [-0.39, 0.29) is 17.6 Å². The van der Waals surface area contributed by atoms with Gasteiger partial charge in [-0.25, -0.2) is 0 Å². The van der Waals surface area contributed by atoms with Gasteiger partial charge in [0.25, 0.3) is 0 Å². The van der Waals surface area contributed by atoms with E-state index in [0.29, 0.717) is 12.0 Å². The molecule has 20 heavy (non-hydrogen) atoms. The van der Waals surface area contributed by atoms with Gasteiger partial charge >= 0.3 is 15.6 Å². The lowest BCUT2D eigenvalue weighted by Crippen LogP contribution is -2.29. The highest BCUT2D eigenvalue weighted by Crippen LogP contribution is 2.48. The molecule has 0 bridgehead atoms. The highest BCUT2D eigenvalue weighted by Gasteiger charge is 2.49.